The Labute approximate surface area is 59.0 Å². The molecule has 0 saturated heterocycles. The van der Waals surface area contributed by atoms with E-state index in [4.69, 9.17) is 10.2 Å². The molecule has 0 aromatic carbocycles. The van der Waals surface area contributed by atoms with E-state index in [0.717, 1.165) is 0 Å². The van der Waals surface area contributed by atoms with Crippen LogP contribution in [0.2, 0.25) is 0 Å². The maximum atomic E-state index is 10.9. The molecule has 0 heterocycles. The van der Waals surface area contributed by atoms with E-state index in [0.29, 0.717) is 0 Å². The third-order valence-corrected chi connectivity index (χ3v) is 1.92. The van der Waals surface area contributed by atoms with Crippen LogP contribution >= 0.6 is 0 Å². The molecular formula is C7H10O3. The van der Waals surface area contributed by atoms with Gasteiger partial charge < -0.3 is 10.2 Å². The van der Waals surface area contributed by atoms with E-state index < -0.39 is 18.1 Å². The van der Waals surface area contributed by atoms with Crippen molar-refractivity contribution in [3.8, 4) is 0 Å². The summed E-state index contributed by atoms with van der Waals surface area (Å²) in [6.07, 6.45) is -2.01. The van der Waals surface area contributed by atoms with Crippen LogP contribution in [0.4, 0.5) is 0 Å². The lowest BCUT2D eigenvalue weighted by Crippen LogP contribution is -2.17. The number of aliphatic hydroxyl groups is 2. The third kappa shape index (κ3) is 0.786. The van der Waals surface area contributed by atoms with E-state index in [-0.39, 0.29) is 11.4 Å². The molecule has 0 radical (unpaired) electrons. The lowest BCUT2D eigenvalue weighted by Gasteiger charge is -2.04. The van der Waals surface area contributed by atoms with Crippen molar-refractivity contribution in [2.45, 2.75) is 19.1 Å². The van der Waals surface area contributed by atoms with Crippen LogP contribution in [-0.4, -0.2) is 28.2 Å². The second-order valence-electron chi connectivity index (χ2n) is 2.61. The highest BCUT2D eigenvalue weighted by Crippen LogP contribution is 2.25. The van der Waals surface area contributed by atoms with E-state index in [9.17, 15) is 4.79 Å². The largest absolute Gasteiger partial charge is 0.388 e. The Kier molecular flexibility index (Phi) is 1.62. The highest BCUT2D eigenvalue weighted by molar-refractivity contribution is 5.92. The van der Waals surface area contributed by atoms with Crippen LogP contribution in [0.5, 0.6) is 0 Å². The van der Waals surface area contributed by atoms with Gasteiger partial charge in [-0.1, -0.05) is 13.5 Å². The smallest absolute Gasteiger partial charge is 0.171 e. The first-order valence-corrected chi connectivity index (χ1v) is 3.14. The normalized spacial score (nSPS) is 40.9. The molecular weight excluding hydrogens is 132 g/mol. The molecule has 1 rings (SSSR count). The molecule has 56 valence electrons. The van der Waals surface area contributed by atoms with Gasteiger partial charge in [0.05, 0.1) is 6.10 Å². The molecule has 0 aromatic rings. The number of hydrogen-bond acceptors (Lipinski definition) is 3. The number of aliphatic hydroxyl groups excluding tert-OH is 2. The fourth-order valence-corrected chi connectivity index (χ4v) is 1.07. The van der Waals surface area contributed by atoms with Gasteiger partial charge in [0.25, 0.3) is 0 Å². The van der Waals surface area contributed by atoms with Crippen molar-refractivity contribution in [1.82, 2.24) is 0 Å². The zero-order valence-corrected chi connectivity index (χ0v) is 5.74. The molecule has 0 aliphatic heterocycles. The number of carbonyl (C=O) groups excluding carboxylic acids is 1. The van der Waals surface area contributed by atoms with Crippen LogP contribution in [0, 0.1) is 5.92 Å². The van der Waals surface area contributed by atoms with Crippen molar-refractivity contribution in [3.63, 3.8) is 0 Å². The van der Waals surface area contributed by atoms with Gasteiger partial charge in [-0.3, -0.25) is 4.79 Å². The van der Waals surface area contributed by atoms with Gasteiger partial charge in [-0.25, -0.2) is 0 Å². The van der Waals surface area contributed by atoms with Crippen molar-refractivity contribution in [2.24, 2.45) is 5.92 Å². The zero-order chi connectivity index (χ0) is 7.89. The predicted molar refractivity (Wildman–Crippen MR) is 35.3 cm³/mol. The molecule has 0 bridgehead atoms. The molecule has 0 spiro atoms. The number of ketones is 1. The molecule has 0 amide bonds. The van der Waals surface area contributed by atoms with Gasteiger partial charge in [-0.05, 0) is 5.57 Å². The number of rotatable bonds is 0. The molecule has 3 unspecified atom stereocenters. The Morgan fingerprint density at radius 3 is 2.10 bits per heavy atom. The lowest BCUT2D eigenvalue weighted by molar-refractivity contribution is -0.127. The molecule has 3 nitrogen and oxygen atoms in total. The predicted octanol–water partition coefficient (Wildman–Crippen LogP) is -0.517. The van der Waals surface area contributed by atoms with Gasteiger partial charge in [-0.2, -0.15) is 0 Å². The third-order valence-electron chi connectivity index (χ3n) is 1.92. The van der Waals surface area contributed by atoms with Crippen LogP contribution in [0.15, 0.2) is 12.2 Å². The second kappa shape index (κ2) is 2.18. The molecule has 2 N–H and O–H groups in total. The zero-order valence-electron chi connectivity index (χ0n) is 5.74. The molecule has 3 atom stereocenters. The van der Waals surface area contributed by atoms with Crippen LogP contribution in [0.25, 0.3) is 0 Å². The van der Waals surface area contributed by atoms with Gasteiger partial charge in [-0.15, -0.1) is 0 Å². The van der Waals surface area contributed by atoms with Gasteiger partial charge in [0, 0.05) is 5.92 Å². The molecule has 1 aliphatic rings. The average Bonchev–Trinajstić information content (AvgIpc) is 2.07. The van der Waals surface area contributed by atoms with E-state index in [1.54, 1.807) is 6.92 Å². The summed E-state index contributed by atoms with van der Waals surface area (Å²) in [5, 5.41) is 18.1. The van der Waals surface area contributed by atoms with E-state index >= 15 is 0 Å². The minimum atomic E-state index is -1.15. The Morgan fingerprint density at radius 1 is 1.50 bits per heavy atom. The Balaban J connectivity index is 2.89. The van der Waals surface area contributed by atoms with Crippen LogP contribution in [-0.2, 0) is 4.79 Å². The SMILES string of the molecule is C=C1C(O)C(=O)C(C)C1O. The Bertz CT molecular complexity index is 165. The van der Waals surface area contributed by atoms with E-state index in [1.165, 1.54) is 0 Å². The summed E-state index contributed by atoms with van der Waals surface area (Å²) in [6.45, 7) is 4.97. The summed E-state index contributed by atoms with van der Waals surface area (Å²) in [5.74, 6) is -0.833. The van der Waals surface area contributed by atoms with Crippen LogP contribution in [0.3, 0.4) is 0 Å². The summed E-state index contributed by atoms with van der Waals surface area (Å²) in [5.41, 5.74) is 0.220. The first-order chi connectivity index (χ1) is 4.55. The monoisotopic (exact) mass is 142 g/mol. The topological polar surface area (TPSA) is 57.5 Å². The van der Waals surface area contributed by atoms with Crippen LogP contribution < -0.4 is 0 Å². The summed E-state index contributed by atoms with van der Waals surface area (Å²) in [4.78, 5) is 10.9. The maximum Gasteiger partial charge on any atom is 0.171 e. The highest BCUT2D eigenvalue weighted by atomic mass is 16.3. The Hall–Kier alpha value is -0.670. The van der Waals surface area contributed by atoms with Gasteiger partial charge in [0.2, 0.25) is 0 Å². The number of hydrogen-bond donors (Lipinski definition) is 2. The van der Waals surface area contributed by atoms with Crippen molar-refractivity contribution < 1.29 is 15.0 Å². The molecule has 1 fully saturated rings. The summed E-state index contributed by atoms with van der Waals surface area (Å²) in [7, 11) is 0. The van der Waals surface area contributed by atoms with Gasteiger partial charge >= 0.3 is 0 Å². The van der Waals surface area contributed by atoms with Crippen molar-refractivity contribution in [2.75, 3.05) is 0 Å². The fraction of sp³-hybridized carbons (Fsp3) is 0.571. The molecule has 3 heteroatoms. The summed E-state index contributed by atoms with van der Waals surface area (Å²) in [6, 6.07) is 0. The fourth-order valence-electron chi connectivity index (χ4n) is 1.07. The molecule has 1 aliphatic carbocycles. The lowest BCUT2D eigenvalue weighted by atomic mass is 10.1. The minimum Gasteiger partial charge on any atom is -0.388 e. The van der Waals surface area contributed by atoms with Crippen molar-refractivity contribution in [1.29, 1.82) is 0 Å². The van der Waals surface area contributed by atoms with Crippen molar-refractivity contribution >= 4 is 5.78 Å². The van der Waals surface area contributed by atoms with E-state index in [1.807, 2.05) is 0 Å². The highest BCUT2D eigenvalue weighted by Gasteiger charge is 2.40. The van der Waals surface area contributed by atoms with Crippen molar-refractivity contribution in [3.05, 3.63) is 12.2 Å². The van der Waals surface area contributed by atoms with E-state index in [2.05, 4.69) is 6.58 Å². The number of Topliss-reactive ketones (excluding diaryl/α,β-unsaturated/α-hetero) is 1. The van der Waals surface area contributed by atoms with Crippen LogP contribution in [0.1, 0.15) is 6.92 Å². The van der Waals surface area contributed by atoms with Gasteiger partial charge in [0.1, 0.15) is 6.10 Å². The maximum absolute atomic E-state index is 10.9. The standard InChI is InChI=1S/C7H10O3/c1-3-5(8)4(2)7(10)6(3)9/h4-6,8-9H,1H2,2H3. The molecule has 10 heavy (non-hydrogen) atoms. The summed E-state index contributed by atoms with van der Waals surface area (Å²) < 4.78 is 0. The minimum absolute atomic E-state index is 0.220. The first kappa shape index (κ1) is 7.44. The number of carbonyl (C=O) groups is 1. The quantitative estimate of drug-likeness (QED) is 0.447. The molecule has 1 saturated carbocycles. The average molecular weight is 142 g/mol. The second-order valence-corrected chi connectivity index (χ2v) is 2.61. The van der Waals surface area contributed by atoms with Gasteiger partial charge in [0.15, 0.2) is 5.78 Å². The Morgan fingerprint density at radius 2 is 2.00 bits per heavy atom. The first-order valence-electron chi connectivity index (χ1n) is 3.14. The molecule has 0 aromatic heterocycles. The summed E-state index contributed by atoms with van der Waals surface area (Å²) >= 11 is 0.